The van der Waals surface area contributed by atoms with Crippen molar-refractivity contribution in [3.8, 4) is 16.2 Å². The fourth-order valence-corrected chi connectivity index (χ4v) is 4.71. The number of aryl methyl sites for hydroxylation is 1. The van der Waals surface area contributed by atoms with Crippen LogP contribution in [0.3, 0.4) is 0 Å². The number of hydrogen-bond acceptors (Lipinski definition) is 4. The highest BCUT2D eigenvalue weighted by Crippen LogP contribution is 2.42. The number of thiophene rings is 1. The molecule has 0 N–H and O–H groups in total. The Morgan fingerprint density at radius 3 is 2.62 bits per heavy atom. The lowest BCUT2D eigenvalue weighted by molar-refractivity contribution is -0.139. The van der Waals surface area contributed by atoms with Crippen LogP contribution in [0.1, 0.15) is 44.2 Å². The molecule has 1 unspecified atom stereocenters. The summed E-state index contributed by atoms with van der Waals surface area (Å²) < 4.78 is 53.3. The Morgan fingerprint density at radius 2 is 1.91 bits per heavy atom. The molecule has 2 aromatic carbocycles. The molecule has 0 amide bonds. The highest BCUT2D eigenvalue weighted by molar-refractivity contribution is 7.22. The largest absolute Gasteiger partial charge is 0.493 e. The van der Waals surface area contributed by atoms with Gasteiger partial charge in [-0.25, -0.2) is 4.79 Å². The van der Waals surface area contributed by atoms with Crippen molar-refractivity contribution in [1.82, 2.24) is 0 Å². The highest BCUT2D eigenvalue weighted by Gasteiger charge is 2.34. The van der Waals surface area contributed by atoms with E-state index in [1.807, 2.05) is 19.1 Å². The van der Waals surface area contributed by atoms with E-state index in [1.165, 1.54) is 17.4 Å². The van der Waals surface area contributed by atoms with E-state index in [4.69, 9.17) is 9.47 Å². The number of carbonyl (C=O) groups excluding carboxylic acids is 1. The smallest absolute Gasteiger partial charge is 0.417 e. The molecule has 3 rings (SSSR count). The molecule has 0 saturated heterocycles. The van der Waals surface area contributed by atoms with E-state index < -0.39 is 17.7 Å². The standard InChI is InChI=1S/C27H29F3O3S/c1-4-6-7-8-19-9-12-22(23(13-19)27(28,29)30)25-14-20-10-11-21(15-24(20)34-25)32-16-18(3)17-33-26(31)5-2/h5,9-15,18H,2,4,6-8,16-17H2,1,3H3. The first-order valence-corrected chi connectivity index (χ1v) is 12.2. The zero-order chi connectivity index (χ0) is 24.7. The summed E-state index contributed by atoms with van der Waals surface area (Å²) in [6.07, 6.45) is 0.247. The van der Waals surface area contributed by atoms with E-state index in [9.17, 15) is 18.0 Å². The van der Waals surface area contributed by atoms with Crippen LogP contribution in [0.15, 0.2) is 55.1 Å². The predicted molar refractivity (Wildman–Crippen MR) is 131 cm³/mol. The average Bonchev–Trinajstić information content (AvgIpc) is 3.24. The minimum atomic E-state index is -4.42. The summed E-state index contributed by atoms with van der Waals surface area (Å²) in [5.74, 6) is 0.111. The molecule has 0 aliphatic carbocycles. The summed E-state index contributed by atoms with van der Waals surface area (Å²) in [7, 11) is 0. The molecule has 0 spiro atoms. The lowest BCUT2D eigenvalue weighted by Gasteiger charge is -2.14. The van der Waals surface area contributed by atoms with Crippen molar-refractivity contribution in [2.24, 2.45) is 5.92 Å². The molecule has 0 aliphatic rings. The maximum atomic E-state index is 13.9. The number of ether oxygens (including phenoxy) is 2. The molecule has 1 heterocycles. The van der Waals surface area contributed by atoms with Crippen LogP contribution in [0.5, 0.6) is 5.75 Å². The lowest BCUT2D eigenvalue weighted by Crippen LogP contribution is -2.16. The second kappa shape index (κ2) is 11.6. The van der Waals surface area contributed by atoms with Crippen molar-refractivity contribution in [3.63, 3.8) is 0 Å². The SMILES string of the molecule is C=CC(=O)OCC(C)COc1ccc2cc(-c3ccc(CCCCC)cc3C(F)(F)F)sc2c1. The molecule has 1 atom stereocenters. The molecule has 182 valence electrons. The van der Waals surface area contributed by atoms with Crippen molar-refractivity contribution in [1.29, 1.82) is 0 Å². The zero-order valence-electron chi connectivity index (χ0n) is 19.4. The van der Waals surface area contributed by atoms with E-state index in [0.29, 0.717) is 29.2 Å². The van der Waals surface area contributed by atoms with Gasteiger partial charge in [-0.2, -0.15) is 13.2 Å². The van der Waals surface area contributed by atoms with E-state index in [1.54, 1.807) is 24.3 Å². The third kappa shape index (κ3) is 6.86. The third-order valence-corrected chi connectivity index (χ3v) is 6.56. The fraction of sp³-hybridized carbons (Fsp3) is 0.370. The normalized spacial score (nSPS) is 12.5. The van der Waals surface area contributed by atoms with Crippen molar-refractivity contribution < 1.29 is 27.4 Å². The number of benzene rings is 2. The van der Waals surface area contributed by atoms with Gasteiger partial charge in [-0.05, 0) is 54.1 Å². The Hall–Kier alpha value is -2.80. The Labute approximate surface area is 202 Å². The number of hydrogen-bond donors (Lipinski definition) is 0. The van der Waals surface area contributed by atoms with Crippen LogP contribution in [-0.2, 0) is 22.1 Å². The monoisotopic (exact) mass is 490 g/mol. The summed E-state index contributed by atoms with van der Waals surface area (Å²) in [5, 5.41) is 0.862. The van der Waals surface area contributed by atoms with Crippen molar-refractivity contribution in [3.05, 3.63) is 66.2 Å². The van der Waals surface area contributed by atoms with Gasteiger partial charge in [0.1, 0.15) is 5.75 Å². The summed E-state index contributed by atoms with van der Waals surface area (Å²) in [6.45, 7) is 7.87. The molecule has 7 heteroatoms. The second-order valence-corrected chi connectivity index (χ2v) is 9.48. The van der Waals surface area contributed by atoms with Crippen LogP contribution >= 0.6 is 11.3 Å². The fourth-order valence-electron chi connectivity index (χ4n) is 3.58. The van der Waals surface area contributed by atoms with Crippen LogP contribution in [0.25, 0.3) is 20.5 Å². The number of alkyl halides is 3. The Morgan fingerprint density at radius 1 is 1.12 bits per heavy atom. The lowest BCUT2D eigenvalue weighted by atomic mass is 9.98. The average molecular weight is 491 g/mol. The van der Waals surface area contributed by atoms with Crippen LogP contribution < -0.4 is 4.74 Å². The molecule has 0 bridgehead atoms. The van der Waals surface area contributed by atoms with Gasteiger partial charge in [-0.3, -0.25) is 0 Å². The second-order valence-electron chi connectivity index (χ2n) is 8.40. The molecule has 1 aromatic heterocycles. The van der Waals surface area contributed by atoms with Gasteiger partial charge in [0.2, 0.25) is 0 Å². The van der Waals surface area contributed by atoms with Gasteiger partial charge in [0.15, 0.2) is 0 Å². The van der Waals surface area contributed by atoms with Crippen LogP contribution in [-0.4, -0.2) is 19.2 Å². The highest BCUT2D eigenvalue weighted by atomic mass is 32.1. The van der Waals surface area contributed by atoms with Gasteiger partial charge in [-0.1, -0.05) is 45.4 Å². The van der Waals surface area contributed by atoms with E-state index in [2.05, 4.69) is 13.5 Å². The summed E-state index contributed by atoms with van der Waals surface area (Å²) in [4.78, 5) is 11.7. The van der Waals surface area contributed by atoms with Gasteiger partial charge in [-0.15, -0.1) is 11.3 Å². The molecular weight excluding hydrogens is 461 g/mol. The summed E-state index contributed by atoms with van der Waals surface area (Å²) >= 11 is 1.31. The Kier molecular flexibility index (Phi) is 8.78. The number of fused-ring (bicyclic) bond motifs is 1. The number of carbonyl (C=O) groups is 1. The van der Waals surface area contributed by atoms with Gasteiger partial charge in [0, 0.05) is 27.1 Å². The van der Waals surface area contributed by atoms with E-state index in [-0.39, 0.29) is 18.1 Å². The molecule has 0 fully saturated rings. The third-order valence-electron chi connectivity index (χ3n) is 5.43. The topological polar surface area (TPSA) is 35.5 Å². The van der Waals surface area contributed by atoms with Crippen molar-refractivity contribution in [2.45, 2.75) is 45.7 Å². The number of esters is 1. The quantitative estimate of drug-likeness (QED) is 0.155. The molecule has 3 aromatic rings. The first-order valence-electron chi connectivity index (χ1n) is 11.4. The Bertz CT molecular complexity index is 1130. The molecule has 3 nitrogen and oxygen atoms in total. The van der Waals surface area contributed by atoms with Crippen LogP contribution in [0, 0.1) is 5.92 Å². The van der Waals surface area contributed by atoms with Crippen LogP contribution in [0.2, 0.25) is 0 Å². The number of halogens is 3. The van der Waals surface area contributed by atoms with Gasteiger partial charge in [0.25, 0.3) is 0 Å². The first-order chi connectivity index (χ1) is 16.2. The minimum Gasteiger partial charge on any atom is -0.493 e. The summed E-state index contributed by atoms with van der Waals surface area (Å²) in [5.41, 5.74) is 0.328. The van der Waals surface area contributed by atoms with E-state index in [0.717, 1.165) is 35.4 Å². The Balaban J connectivity index is 1.79. The van der Waals surface area contributed by atoms with Gasteiger partial charge in [0.05, 0.1) is 18.8 Å². The minimum absolute atomic E-state index is 0.0244. The first kappa shape index (κ1) is 25.8. The summed E-state index contributed by atoms with van der Waals surface area (Å²) in [6, 6.07) is 12.0. The zero-order valence-corrected chi connectivity index (χ0v) is 20.2. The molecule has 0 aliphatic heterocycles. The van der Waals surface area contributed by atoms with Crippen LogP contribution in [0.4, 0.5) is 13.2 Å². The molecule has 34 heavy (non-hydrogen) atoms. The molecule has 0 saturated carbocycles. The maximum absolute atomic E-state index is 13.9. The van der Waals surface area contributed by atoms with Gasteiger partial charge < -0.3 is 9.47 Å². The molecule has 0 radical (unpaired) electrons. The molecular formula is C27H29F3O3S. The predicted octanol–water partition coefficient (Wildman–Crippen LogP) is 8.06. The number of unbranched alkanes of at least 4 members (excludes halogenated alkanes) is 2. The van der Waals surface area contributed by atoms with Crippen molar-refractivity contribution >= 4 is 27.4 Å². The number of rotatable bonds is 11. The van der Waals surface area contributed by atoms with Crippen molar-refractivity contribution in [2.75, 3.05) is 13.2 Å². The van der Waals surface area contributed by atoms with Gasteiger partial charge >= 0.3 is 12.1 Å². The van der Waals surface area contributed by atoms with E-state index >= 15 is 0 Å². The maximum Gasteiger partial charge on any atom is 0.417 e.